The van der Waals surface area contributed by atoms with E-state index in [1.807, 2.05) is 13.8 Å². The van der Waals surface area contributed by atoms with E-state index in [1.165, 1.54) is 12.1 Å². The highest BCUT2D eigenvalue weighted by Crippen LogP contribution is 2.25. The first-order valence-electron chi connectivity index (χ1n) is 5.84. The molecule has 1 aromatic rings. The van der Waals surface area contributed by atoms with Gasteiger partial charge in [0.05, 0.1) is 4.92 Å². The lowest BCUT2D eigenvalue weighted by Gasteiger charge is -2.17. The maximum Gasteiger partial charge on any atom is 0.331 e. The summed E-state index contributed by atoms with van der Waals surface area (Å²) in [7, 11) is 0. The van der Waals surface area contributed by atoms with E-state index in [2.05, 4.69) is 9.88 Å². The molecular weight excluding hydrogens is 236 g/mol. The molecular formula is C11H18N4O3. The fraction of sp³-hybridized carbons (Fsp3) is 0.545. The molecule has 100 valence electrons. The average Bonchev–Trinajstić information content (AvgIpc) is 2.34. The summed E-state index contributed by atoms with van der Waals surface area (Å²) < 4.78 is 5.34. The molecule has 18 heavy (non-hydrogen) atoms. The van der Waals surface area contributed by atoms with Gasteiger partial charge in [0, 0.05) is 12.6 Å². The van der Waals surface area contributed by atoms with Crippen LogP contribution in [0, 0.1) is 10.1 Å². The molecule has 0 bridgehead atoms. The zero-order valence-corrected chi connectivity index (χ0v) is 10.6. The van der Waals surface area contributed by atoms with Gasteiger partial charge >= 0.3 is 5.69 Å². The molecule has 0 radical (unpaired) electrons. The van der Waals surface area contributed by atoms with Gasteiger partial charge in [-0.3, -0.25) is 10.1 Å². The van der Waals surface area contributed by atoms with Gasteiger partial charge in [-0.1, -0.05) is 13.8 Å². The molecule has 0 aliphatic rings. The van der Waals surface area contributed by atoms with Crippen LogP contribution in [-0.4, -0.2) is 41.0 Å². The van der Waals surface area contributed by atoms with E-state index in [4.69, 9.17) is 10.5 Å². The summed E-state index contributed by atoms with van der Waals surface area (Å²) in [6, 6.07) is 2.68. The molecule has 7 nitrogen and oxygen atoms in total. The van der Waals surface area contributed by atoms with E-state index in [1.54, 1.807) is 0 Å². The van der Waals surface area contributed by atoms with Crippen LogP contribution in [-0.2, 0) is 0 Å². The van der Waals surface area contributed by atoms with Crippen molar-refractivity contribution in [2.24, 2.45) is 0 Å². The summed E-state index contributed by atoms with van der Waals surface area (Å²) >= 11 is 0. The maximum atomic E-state index is 10.8. The van der Waals surface area contributed by atoms with Crippen molar-refractivity contribution in [3.63, 3.8) is 0 Å². The summed E-state index contributed by atoms with van der Waals surface area (Å²) in [5, 5.41) is 10.8. The first kappa shape index (κ1) is 14.2. The first-order chi connectivity index (χ1) is 8.58. The third-order valence-corrected chi connectivity index (χ3v) is 2.60. The van der Waals surface area contributed by atoms with Crippen molar-refractivity contribution >= 4 is 11.5 Å². The summed E-state index contributed by atoms with van der Waals surface area (Å²) in [5.74, 6) is 0.186. The molecule has 0 saturated heterocycles. The molecule has 0 fully saturated rings. The number of hydrogen-bond donors (Lipinski definition) is 1. The number of ether oxygens (including phenoxy) is 1. The molecule has 1 aromatic heterocycles. The van der Waals surface area contributed by atoms with Crippen molar-refractivity contribution in [1.29, 1.82) is 0 Å². The SMILES string of the molecule is CCN(CC)CCOc1nc(N)ccc1[N+](=O)[O-]. The van der Waals surface area contributed by atoms with Crippen molar-refractivity contribution in [3.05, 3.63) is 22.2 Å². The zero-order valence-electron chi connectivity index (χ0n) is 10.6. The monoisotopic (exact) mass is 254 g/mol. The van der Waals surface area contributed by atoms with Crippen molar-refractivity contribution in [3.8, 4) is 5.88 Å². The molecule has 1 heterocycles. The van der Waals surface area contributed by atoms with Gasteiger partial charge in [0.25, 0.3) is 5.88 Å². The Bertz CT molecular complexity index is 407. The van der Waals surface area contributed by atoms with E-state index in [9.17, 15) is 10.1 Å². The standard InChI is InChI=1S/C11H18N4O3/c1-3-14(4-2)7-8-18-11-9(15(16)17)5-6-10(12)13-11/h5-6H,3-4,7-8H2,1-2H3,(H2,12,13). The van der Waals surface area contributed by atoms with E-state index in [0.717, 1.165) is 13.1 Å². The third kappa shape index (κ3) is 3.85. The average molecular weight is 254 g/mol. The second-order valence-corrected chi connectivity index (χ2v) is 3.69. The minimum Gasteiger partial charge on any atom is -0.471 e. The van der Waals surface area contributed by atoms with Crippen molar-refractivity contribution in [2.45, 2.75) is 13.8 Å². The number of hydrogen-bond acceptors (Lipinski definition) is 6. The molecule has 0 spiro atoms. The third-order valence-electron chi connectivity index (χ3n) is 2.60. The van der Waals surface area contributed by atoms with Crippen LogP contribution in [0.1, 0.15) is 13.8 Å². The summed E-state index contributed by atoms with van der Waals surface area (Å²) in [6.45, 7) is 6.95. The molecule has 0 aliphatic carbocycles. The number of nitro groups is 1. The quantitative estimate of drug-likeness (QED) is 0.582. The lowest BCUT2D eigenvalue weighted by Crippen LogP contribution is -2.28. The van der Waals surface area contributed by atoms with E-state index in [0.29, 0.717) is 13.2 Å². The predicted octanol–water partition coefficient (Wildman–Crippen LogP) is 1.29. The largest absolute Gasteiger partial charge is 0.471 e. The van der Waals surface area contributed by atoms with Gasteiger partial charge in [0.15, 0.2) is 0 Å². The Labute approximate surface area is 106 Å². The van der Waals surface area contributed by atoms with Crippen molar-refractivity contribution in [2.75, 3.05) is 32.0 Å². The van der Waals surface area contributed by atoms with Crippen LogP contribution in [0.15, 0.2) is 12.1 Å². The molecule has 0 aliphatic heterocycles. The molecule has 0 aromatic carbocycles. The Balaban J connectivity index is 2.66. The fourth-order valence-corrected chi connectivity index (χ4v) is 1.50. The van der Waals surface area contributed by atoms with Crippen molar-refractivity contribution in [1.82, 2.24) is 9.88 Å². The summed E-state index contributed by atoms with van der Waals surface area (Å²) in [4.78, 5) is 16.2. The summed E-state index contributed by atoms with van der Waals surface area (Å²) in [6.07, 6.45) is 0. The van der Waals surface area contributed by atoms with Crippen LogP contribution < -0.4 is 10.5 Å². The predicted molar refractivity (Wildman–Crippen MR) is 68.6 cm³/mol. The van der Waals surface area contributed by atoms with Crippen LogP contribution >= 0.6 is 0 Å². The maximum absolute atomic E-state index is 10.8. The number of likely N-dealkylation sites (N-methyl/N-ethyl adjacent to an activating group) is 1. The number of rotatable bonds is 7. The number of nitrogens with zero attached hydrogens (tertiary/aromatic N) is 3. The Morgan fingerprint density at radius 1 is 1.44 bits per heavy atom. The van der Waals surface area contributed by atoms with Gasteiger partial charge in [-0.2, -0.15) is 4.98 Å². The number of pyridine rings is 1. The van der Waals surface area contributed by atoms with E-state index in [-0.39, 0.29) is 17.4 Å². The second-order valence-electron chi connectivity index (χ2n) is 3.69. The van der Waals surface area contributed by atoms with Crippen LogP contribution in [0.3, 0.4) is 0 Å². The smallest absolute Gasteiger partial charge is 0.331 e. The first-order valence-corrected chi connectivity index (χ1v) is 5.84. The minimum atomic E-state index is -0.529. The Morgan fingerprint density at radius 3 is 2.67 bits per heavy atom. The highest BCUT2D eigenvalue weighted by atomic mass is 16.6. The van der Waals surface area contributed by atoms with Crippen LogP contribution in [0.2, 0.25) is 0 Å². The minimum absolute atomic E-state index is 0.0212. The van der Waals surface area contributed by atoms with Crippen LogP contribution in [0.4, 0.5) is 11.5 Å². The molecule has 7 heteroatoms. The second kappa shape index (κ2) is 6.75. The van der Waals surface area contributed by atoms with Gasteiger partial charge in [-0.25, -0.2) is 0 Å². The van der Waals surface area contributed by atoms with E-state index < -0.39 is 4.92 Å². The van der Waals surface area contributed by atoms with E-state index >= 15 is 0 Å². The zero-order chi connectivity index (χ0) is 13.5. The van der Waals surface area contributed by atoms with Gasteiger partial charge in [-0.15, -0.1) is 0 Å². The molecule has 0 atom stereocenters. The Kier molecular flexibility index (Phi) is 5.31. The lowest BCUT2D eigenvalue weighted by molar-refractivity contribution is -0.386. The molecule has 0 saturated carbocycles. The van der Waals surface area contributed by atoms with Gasteiger partial charge in [0.2, 0.25) is 0 Å². The molecule has 0 unspecified atom stereocenters. The Morgan fingerprint density at radius 2 is 2.11 bits per heavy atom. The topological polar surface area (TPSA) is 94.5 Å². The summed E-state index contributed by atoms with van der Waals surface area (Å²) in [5.41, 5.74) is 5.32. The number of nitrogens with two attached hydrogens (primary N) is 1. The highest BCUT2D eigenvalue weighted by molar-refractivity contribution is 5.46. The molecule has 2 N–H and O–H groups in total. The van der Waals surface area contributed by atoms with Crippen molar-refractivity contribution < 1.29 is 9.66 Å². The van der Waals surface area contributed by atoms with Gasteiger partial charge in [-0.05, 0) is 19.2 Å². The van der Waals surface area contributed by atoms with Crippen LogP contribution in [0.25, 0.3) is 0 Å². The number of anilines is 1. The highest BCUT2D eigenvalue weighted by Gasteiger charge is 2.17. The molecule has 1 rings (SSSR count). The number of aromatic nitrogens is 1. The lowest BCUT2D eigenvalue weighted by atomic mass is 10.4. The van der Waals surface area contributed by atoms with Gasteiger partial charge < -0.3 is 15.4 Å². The van der Waals surface area contributed by atoms with Crippen LogP contribution in [0.5, 0.6) is 5.88 Å². The Hall–Kier alpha value is -1.89. The van der Waals surface area contributed by atoms with Gasteiger partial charge in [0.1, 0.15) is 12.4 Å². The molecule has 0 amide bonds. The fourth-order valence-electron chi connectivity index (χ4n) is 1.50. The normalized spacial score (nSPS) is 10.6. The number of nitrogen functional groups attached to an aromatic ring is 1.